The van der Waals surface area contributed by atoms with E-state index in [1.807, 2.05) is 20.8 Å². The quantitative estimate of drug-likeness (QED) is 0.828. The van der Waals surface area contributed by atoms with Crippen molar-refractivity contribution in [2.24, 2.45) is 5.92 Å². The molecule has 0 spiro atoms. The van der Waals surface area contributed by atoms with Gasteiger partial charge in [-0.25, -0.2) is 9.18 Å². The first kappa shape index (κ1) is 12.5. The molecule has 1 atom stereocenters. The highest BCUT2D eigenvalue weighted by Crippen LogP contribution is 2.19. The summed E-state index contributed by atoms with van der Waals surface area (Å²) >= 11 is 0. The highest BCUT2D eigenvalue weighted by Gasteiger charge is 2.14. The molecular formula is C12H16FNO2. The molecule has 1 aromatic rings. The van der Waals surface area contributed by atoms with Crippen LogP contribution in [0, 0.1) is 11.7 Å². The third kappa shape index (κ3) is 2.95. The first-order chi connectivity index (χ1) is 7.41. The molecule has 0 saturated carbocycles. The second-order valence-corrected chi connectivity index (χ2v) is 4.17. The van der Waals surface area contributed by atoms with Crippen LogP contribution >= 0.6 is 0 Å². The second-order valence-electron chi connectivity index (χ2n) is 4.17. The Morgan fingerprint density at radius 1 is 1.38 bits per heavy atom. The van der Waals surface area contributed by atoms with Crippen molar-refractivity contribution in [3.05, 3.63) is 29.6 Å². The maximum Gasteiger partial charge on any atom is 0.337 e. The van der Waals surface area contributed by atoms with Crippen LogP contribution < -0.4 is 5.32 Å². The van der Waals surface area contributed by atoms with Gasteiger partial charge in [-0.05, 0) is 31.0 Å². The zero-order valence-corrected chi connectivity index (χ0v) is 9.62. The molecular weight excluding hydrogens is 209 g/mol. The minimum absolute atomic E-state index is 0.0347. The minimum atomic E-state index is -1.13. The molecule has 88 valence electrons. The van der Waals surface area contributed by atoms with Crippen LogP contribution in [0.3, 0.4) is 0 Å². The summed E-state index contributed by atoms with van der Waals surface area (Å²) in [5.74, 6) is -1.30. The van der Waals surface area contributed by atoms with E-state index in [0.717, 1.165) is 6.07 Å². The van der Waals surface area contributed by atoms with Crippen molar-refractivity contribution >= 4 is 11.7 Å². The number of rotatable bonds is 4. The predicted octanol–water partition coefficient (Wildman–Crippen LogP) is 2.98. The highest BCUT2D eigenvalue weighted by molar-refractivity contribution is 5.94. The molecule has 0 saturated heterocycles. The van der Waals surface area contributed by atoms with Crippen LogP contribution in [0.5, 0.6) is 0 Å². The number of hydrogen-bond donors (Lipinski definition) is 2. The Bertz CT molecular complexity index is 391. The number of anilines is 1. The Morgan fingerprint density at radius 3 is 2.50 bits per heavy atom. The summed E-state index contributed by atoms with van der Waals surface area (Å²) in [5.41, 5.74) is 0.419. The van der Waals surface area contributed by atoms with Crippen LogP contribution in [0.4, 0.5) is 10.1 Å². The lowest BCUT2D eigenvalue weighted by Crippen LogP contribution is -2.22. The maximum atomic E-state index is 12.9. The molecule has 1 rings (SSSR count). The fourth-order valence-electron chi connectivity index (χ4n) is 1.23. The summed E-state index contributed by atoms with van der Waals surface area (Å²) in [7, 11) is 0. The number of carboxylic acids is 1. The van der Waals surface area contributed by atoms with Crippen molar-refractivity contribution in [2.75, 3.05) is 5.32 Å². The van der Waals surface area contributed by atoms with Crippen LogP contribution in [-0.4, -0.2) is 17.1 Å². The molecule has 0 fully saturated rings. The summed E-state index contributed by atoms with van der Waals surface area (Å²) in [6, 6.07) is 3.86. The number of benzene rings is 1. The van der Waals surface area contributed by atoms with E-state index in [2.05, 4.69) is 5.32 Å². The van der Waals surface area contributed by atoms with Gasteiger partial charge < -0.3 is 10.4 Å². The van der Waals surface area contributed by atoms with Gasteiger partial charge in [0.1, 0.15) is 5.82 Å². The summed E-state index contributed by atoms with van der Waals surface area (Å²) < 4.78 is 12.9. The second kappa shape index (κ2) is 4.96. The van der Waals surface area contributed by atoms with Crippen LogP contribution in [-0.2, 0) is 0 Å². The van der Waals surface area contributed by atoms with E-state index >= 15 is 0 Å². The molecule has 0 aliphatic heterocycles. The molecule has 3 nitrogen and oxygen atoms in total. The van der Waals surface area contributed by atoms with Crippen LogP contribution in [0.2, 0.25) is 0 Å². The van der Waals surface area contributed by atoms with Gasteiger partial charge in [0.15, 0.2) is 0 Å². The Morgan fingerprint density at radius 2 is 2.00 bits per heavy atom. The van der Waals surface area contributed by atoms with Gasteiger partial charge in [0.05, 0.1) is 5.56 Å². The highest BCUT2D eigenvalue weighted by atomic mass is 19.1. The van der Waals surface area contributed by atoms with Crippen molar-refractivity contribution in [2.45, 2.75) is 26.8 Å². The molecule has 0 radical (unpaired) electrons. The van der Waals surface area contributed by atoms with Gasteiger partial charge in [0, 0.05) is 11.7 Å². The van der Waals surface area contributed by atoms with Crippen molar-refractivity contribution in [3.8, 4) is 0 Å². The van der Waals surface area contributed by atoms with E-state index < -0.39 is 11.8 Å². The van der Waals surface area contributed by atoms with Crippen molar-refractivity contribution in [3.63, 3.8) is 0 Å². The molecule has 0 bridgehead atoms. The summed E-state index contributed by atoms with van der Waals surface area (Å²) in [4.78, 5) is 10.9. The lowest BCUT2D eigenvalue weighted by Gasteiger charge is -2.20. The first-order valence-corrected chi connectivity index (χ1v) is 5.21. The van der Waals surface area contributed by atoms with Gasteiger partial charge in [-0.2, -0.15) is 0 Å². The van der Waals surface area contributed by atoms with E-state index in [9.17, 15) is 9.18 Å². The number of hydrogen-bond acceptors (Lipinski definition) is 2. The number of nitrogens with one attached hydrogen (secondary N) is 1. The Hall–Kier alpha value is -1.58. The van der Waals surface area contributed by atoms with Gasteiger partial charge >= 0.3 is 5.97 Å². The van der Waals surface area contributed by atoms with Crippen molar-refractivity contribution in [1.82, 2.24) is 0 Å². The molecule has 0 aliphatic rings. The Kier molecular flexibility index (Phi) is 3.88. The summed E-state index contributed by atoms with van der Waals surface area (Å²) in [6.07, 6.45) is 0. The van der Waals surface area contributed by atoms with Crippen molar-refractivity contribution in [1.29, 1.82) is 0 Å². The van der Waals surface area contributed by atoms with E-state index in [1.54, 1.807) is 0 Å². The zero-order chi connectivity index (χ0) is 12.3. The largest absolute Gasteiger partial charge is 0.478 e. The fraction of sp³-hybridized carbons (Fsp3) is 0.417. The van der Waals surface area contributed by atoms with Crippen LogP contribution in [0.1, 0.15) is 31.1 Å². The SMILES string of the molecule is CC(C)C(C)Nc1ccc(F)cc1C(=O)O. The molecule has 4 heteroatoms. The van der Waals surface area contributed by atoms with Gasteiger partial charge in [0.2, 0.25) is 0 Å². The average molecular weight is 225 g/mol. The third-order valence-corrected chi connectivity index (χ3v) is 2.60. The van der Waals surface area contributed by atoms with Gasteiger partial charge in [-0.15, -0.1) is 0 Å². The van der Waals surface area contributed by atoms with E-state index in [-0.39, 0.29) is 11.6 Å². The minimum Gasteiger partial charge on any atom is -0.478 e. The smallest absolute Gasteiger partial charge is 0.337 e. The number of carboxylic acid groups (broad SMARTS) is 1. The first-order valence-electron chi connectivity index (χ1n) is 5.21. The molecule has 0 aromatic heterocycles. The topological polar surface area (TPSA) is 49.3 Å². The average Bonchev–Trinajstić information content (AvgIpc) is 2.20. The standard InChI is InChI=1S/C12H16FNO2/c1-7(2)8(3)14-11-5-4-9(13)6-10(11)12(15)16/h4-8,14H,1-3H3,(H,15,16). The van der Waals surface area contributed by atoms with Gasteiger partial charge in [0.25, 0.3) is 0 Å². The van der Waals surface area contributed by atoms with Gasteiger partial charge in [-0.3, -0.25) is 0 Å². The van der Waals surface area contributed by atoms with E-state index in [0.29, 0.717) is 11.6 Å². The predicted molar refractivity (Wildman–Crippen MR) is 61.3 cm³/mol. The molecule has 0 aliphatic carbocycles. The molecule has 0 heterocycles. The Labute approximate surface area is 94.3 Å². The van der Waals surface area contributed by atoms with Crippen LogP contribution in [0.25, 0.3) is 0 Å². The van der Waals surface area contributed by atoms with E-state index in [4.69, 9.17) is 5.11 Å². The van der Waals surface area contributed by atoms with E-state index in [1.165, 1.54) is 12.1 Å². The summed E-state index contributed by atoms with van der Waals surface area (Å²) in [5, 5.41) is 12.0. The Balaban J connectivity index is 2.99. The van der Waals surface area contributed by atoms with Gasteiger partial charge in [-0.1, -0.05) is 13.8 Å². The molecule has 16 heavy (non-hydrogen) atoms. The zero-order valence-electron chi connectivity index (χ0n) is 9.62. The normalized spacial score (nSPS) is 12.6. The molecule has 1 aromatic carbocycles. The molecule has 1 unspecified atom stereocenters. The lowest BCUT2D eigenvalue weighted by atomic mass is 10.1. The number of halogens is 1. The lowest BCUT2D eigenvalue weighted by molar-refractivity contribution is 0.0697. The third-order valence-electron chi connectivity index (χ3n) is 2.60. The molecule has 2 N–H and O–H groups in total. The van der Waals surface area contributed by atoms with Crippen LogP contribution in [0.15, 0.2) is 18.2 Å². The van der Waals surface area contributed by atoms with Crippen molar-refractivity contribution < 1.29 is 14.3 Å². The maximum absolute atomic E-state index is 12.9. The monoisotopic (exact) mass is 225 g/mol. The summed E-state index contributed by atoms with van der Waals surface area (Å²) in [6.45, 7) is 6.02. The number of carbonyl (C=O) groups is 1. The fourth-order valence-corrected chi connectivity index (χ4v) is 1.23. The number of aromatic carboxylic acids is 1. The molecule has 0 amide bonds.